The monoisotopic (exact) mass is 375 g/mol. The van der Waals surface area contributed by atoms with E-state index in [0.717, 1.165) is 34.9 Å². The summed E-state index contributed by atoms with van der Waals surface area (Å²) in [4.78, 5) is 32.2. The Bertz CT molecular complexity index is 1080. The summed E-state index contributed by atoms with van der Waals surface area (Å²) in [6, 6.07) is 9.89. The second-order valence-electron chi connectivity index (χ2n) is 7.62. The van der Waals surface area contributed by atoms with E-state index in [1.165, 1.54) is 0 Å². The van der Waals surface area contributed by atoms with Gasteiger partial charge in [-0.15, -0.1) is 0 Å². The van der Waals surface area contributed by atoms with E-state index < -0.39 is 5.92 Å². The first-order chi connectivity index (χ1) is 13.6. The summed E-state index contributed by atoms with van der Waals surface area (Å²) in [7, 11) is 1.84. The summed E-state index contributed by atoms with van der Waals surface area (Å²) in [6.07, 6.45) is 5.60. The molecule has 5 rings (SSSR count). The molecular weight excluding hydrogens is 354 g/mol. The van der Waals surface area contributed by atoms with Gasteiger partial charge in [0, 0.05) is 49.5 Å². The van der Waals surface area contributed by atoms with E-state index in [1.54, 1.807) is 15.8 Å². The summed E-state index contributed by atoms with van der Waals surface area (Å²) in [5.74, 6) is -0.661. The molecule has 1 aliphatic heterocycles. The fourth-order valence-corrected chi connectivity index (χ4v) is 3.88. The lowest BCUT2D eigenvalue weighted by molar-refractivity contribution is -0.123. The first-order valence-corrected chi connectivity index (χ1v) is 9.56. The van der Waals surface area contributed by atoms with Crippen LogP contribution in [-0.2, 0) is 18.4 Å². The predicted molar refractivity (Wildman–Crippen MR) is 104 cm³/mol. The fraction of sp³-hybridized carbons (Fsp3) is 0.333. The molecule has 2 aliphatic rings. The van der Waals surface area contributed by atoms with Crippen LogP contribution in [0, 0.1) is 0 Å². The molecule has 2 aromatic heterocycles. The highest BCUT2D eigenvalue weighted by atomic mass is 16.2. The Morgan fingerprint density at radius 2 is 2.00 bits per heavy atom. The molecule has 28 heavy (non-hydrogen) atoms. The van der Waals surface area contributed by atoms with Crippen LogP contribution in [0.4, 0.5) is 0 Å². The van der Waals surface area contributed by atoms with E-state index in [2.05, 4.69) is 15.4 Å². The zero-order chi connectivity index (χ0) is 19.3. The van der Waals surface area contributed by atoms with Crippen molar-refractivity contribution in [3.05, 3.63) is 59.7 Å². The maximum Gasteiger partial charge on any atom is 0.273 e. The molecule has 2 amide bonds. The molecule has 1 aromatic carbocycles. The smallest absolute Gasteiger partial charge is 0.273 e. The van der Waals surface area contributed by atoms with Crippen molar-refractivity contribution < 1.29 is 9.59 Å². The van der Waals surface area contributed by atoms with Gasteiger partial charge in [0.25, 0.3) is 5.91 Å². The second-order valence-corrected chi connectivity index (χ2v) is 7.62. The Labute approximate surface area is 162 Å². The lowest BCUT2D eigenvalue weighted by Crippen LogP contribution is -2.44. The molecule has 0 saturated heterocycles. The first-order valence-electron chi connectivity index (χ1n) is 9.56. The summed E-state index contributed by atoms with van der Waals surface area (Å²) in [6.45, 7) is 0.742. The lowest BCUT2D eigenvalue weighted by Gasteiger charge is -2.31. The Balaban J connectivity index is 1.49. The predicted octanol–water partition coefficient (Wildman–Crippen LogP) is 1.99. The van der Waals surface area contributed by atoms with Crippen LogP contribution in [0.2, 0.25) is 0 Å². The van der Waals surface area contributed by atoms with E-state index in [-0.39, 0.29) is 17.9 Å². The normalized spacial score (nSPS) is 18.8. The molecule has 0 unspecified atom stereocenters. The molecule has 3 aromatic rings. The molecule has 0 bridgehead atoms. The molecule has 1 saturated carbocycles. The van der Waals surface area contributed by atoms with Gasteiger partial charge < -0.3 is 10.2 Å². The molecule has 0 spiro atoms. The Morgan fingerprint density at radius 3 is 2.82 bits per heavy atom. The van der Waals surface area contributed by atoms with E-state index in [9.17, 15) is 9.59 Å². The average molecular weight is 375 g/mol. The Kier molecular flexibility index (Phi) is 3.89. The minimum absolute atomic E-state index is 0.0502. The number of aromatic nitrogens is 3. The van der Waals surface area contributed by atoms with Crippen LogP contribution in [0.15, 0.2) is 42.7 Å². The summed E-state index contributed by atoms with van der Waals surface area (Å²) >= 11 is 0. The van der Waals surface area contributed by atoms with Crippen molar-refractivity contribution in [2.45, 2.75) is 31.3 Å². The van der Waals surface area contributed by atoms with Crippen LogP contribution in [0.25, 0.3) is 10.8 Å². The van der Waals surface area contributed by atoms with Gasteiger partial charge in [0.15, 0.2) is 0 Å². The largest absolute Gasteiger partial charge is 0.353 e. The van der Waals surface area contributed by atoms with Gasteiger partial charge >= 0.3 is 0 Å². The molecule has 1 fully saturated rings. The number of rotatable bonds is 3. The summed E-state index contributed by atoms with van der Waals surface area (Å²) in [5, 5.41) is 9.36. The third-order valence-electron chi connectivity index (χ3n) is 5.44. The number of carbonyl (C=O) groups excluding carboxylic acids is 2. The van der Waals surface area contributed by atoms with Crippen molar-refractivity contribution in [1.29, 1.82) is 0 Å². The standard InChI is InChI=1S/C21H21N5O2/c1-25-10-14-11-26(12-17(18(14)24-25)20(27)23-15-6-7-15)21(28)19-16-5-3-2-4-13(16)8-9-22-19/h2-5,8-10,15,17H,6-7,11-12H2,1H3,(H,23,27)/t17-/m1/s1. The van der Waals surface area contributed by atoms with Crippen molar-refractivity contribution in [2.24, 2.45) is 7.05 Å². The zero-order valence-electron chi connectivity index (χ0n) is 15.6. The molecule has 1 aliphatic carbocycles. The Morgan fingerprint density at radius 1 is 1.18 bits per heavy atom. The van der Waals surface area contributed by atoms with Crippen LogP contribution in [-0.4, -0.2) is 44.1 Å². The number of hydrogen-bond donors (Lipinski definition) is 1. The van der Waals surface area contributed by atoms with Gasteiger partial charge in [0.1, 0.15) is 5.69 Å². The average Bonchev–Trinajstić information content (AvgIpc) is 3.43. The van der Waals surface area contributed by atoms with E-state index in [0.29, 0.717) is 18.8 Å². The van der Waals surface area contributed by atoms with Crippen LogP contribution < -0.4 is 5.32 Å². The van der Waals surface area contributed by atoms with Crippen LogP contribution in [0.5, 0.6) is 0 Å². The number of benzene rings is 1. The highest BCUT2D eigenvalue weighted by Gasteiger charge is 2.37. The third-order valence-corrected chi connectivity index (χ3v) is 5.44. The molecule has 1 N–H and O–H groups in total. The third kappa shape index (κ3) is 2.93. The van der Waals surface area contributed by atoms with Crippen molar-refractivity contribution in [2.75, 3.05) is 6.54 Å². The molecule has 0 radical (unpaired) electrons. The molecule has 3 heterocycles. The summed E-state index contributed by atoms with van der Waals surface area (Å²) in [5.41, 5.74) is 2.11. The van der Waals surface area contributed by atoms with Crippen LogP contribution in [0.3, 0.4) is 0 Å². The highest BCUT2D eigenvalue weighted by Crippen LogP contribution is 2.30. The number of nitrogens with one attached hydrogen (secondary N) is 1. The Hall–Kier alpha value is -3.22. The maximum atomic E-state index is 13.3. The minimum atomic E-state index is -0.454. The summed E-state index contributed by atoms with van der Waals surface area (Å²) < 4.78 is 1.71. The fourth-order valence-electron chi connectivity index (χ4n) is 3.88. The minimum Gasteiger partial charge on any atom is -0.353 e. The van der Waals surface area contributed by atoms with Gasteiger partial charge in [-0.25, -0.2) is 0 Å². The van der Waals surface area contributed by atoms with Gasteiger partial charge in [-0.05, 0) is 24.3 Å². The first kappa shape index (κ1) is 16.9. The van der Waals surface area contributed by atoms with Gasteiger partial charge in [0.2, 0.25) is 5.91 Å². The number of amides is 2. The van der Waals surface area contributed by atoms with Crippen molar-refractivity contribution in [3.8, 4) is 0 Å². The molecule has 1 atom stereocenters. The number of nitrogens with zero attached hydrogens (tertiary/aromatic N) is 4. The number of pyridine rings is 1. The number of aryl methyl sites for hydroxylation is 1. The van der Waals surface area contributed by atoms with Crippen molar-refractivity contribution in [1.82, 2.24) is 25.0 Å². The quantitative estimate of drug-likeness (QED) is 0.759. The topological polar surface area (TPSA) is 80.1 Å². The number of fused-ring (bicyclic) bond motifs is 2. The molecular formula is C21H21N5O2. The van der Waals surface area contributed by atoms with Gasteiger partial charge in [-0.1, -0.05) is 24.3 Å². The van der Waals surface area contributed by atoms with Gasteiger partial charge in [-0.3, -0.25) is 19.3 Å². The second kappa shape index (κ2) is 6.44. The van der Waals surface area contributed by atoms with Crippen LogP contribution in [0.1, 0.15) is 40.5 Å². The van der Waals surface area contributed by atoms with E-state index in [4.69, 9.17) is 0 Å². The van der Waals surface area contributed by atoms with E-state index >= 15 is 0 Å². The molecule has 7 heteroatoms. The molecule has 7 nitrogen and oxygen atoms in total. The van der Waals surface area contributed by atoms with Gasteiger partial charge in [-0.2, -0.15) is 5.10 Å². The lowest BCUT2D eigenvalue weighted by atomic mass is 9.95. The zero-order valence-corrected chi connectivity index (χ0v) is 15.6. The van der Waals surface area contributed by atoms with Crippen molar-refractivity contribution >= 4 is 22.6 Å². The van der Waals surface area contributed by atoms with Gasteiger partial charge in [0.05, 0.1) is 11.6 Å². The van der Waals surface area contributed by atoms with E-state index in [1.807, 2.05) is 43.6 Å². The van der Waals surface area contributed by atoms with Crippen LogP contribution >= 0.6 is 0 Å². The van der Waals surface area contributed by atoms with Crippen molar-refractivity contribution in [3.63, 3.8) is 0 Å². The number of hydrogen-bond acceptors (Lipinski definition) is 4. The maximum absolute atomic E-state index is 13.3. The SMILES string of the molecule is Cn1cc2c(n1)[C@H](C(=O)NC1CC1)CN(C(=O)c1nccc3ccccc13)C2. The number of carbonyl (C=O) groups is 2. The molecule has 142 valence electrons. The highest BCUT2D eigenvalue weighted by molar-refractivity contribution is 6.05.